The predicted molar refractivity (Wildman–Crippen MR) is 118 cm³/mol. The Morgan fingerprint density at radius 1 is 0.900 bits per heavy atom. The zero-order chi connectivity index (χ0) is 20.3. The minimum Gasteiger partial charge on any atom is -0.349 e. The molecule has 150 valence electrons. The van der Waals surface area contributed by atoms with Crippen molar-refractivity contribution in [1.82, 2.24) is 19.9 Å². The van der Waals surface area contributed by atoms with Crippen molar-refractivity contribution in [3.05, 3.63) is 78.5 Å². The molecule has 0 atom stereocenters. The smallest absolute Gasteiger partial charge is 0.256 e. The summed E-state index contributed by atoms with van der Waals surface area (Å²) in [5.41, 5.74) is 4.89. The molecule has 1 aliphatic rings. The number of nitrogens with one attached hydrogen (secondary N) is 1. The summed E-state index contributed by atoms with van der Waals surface area (Å²) in [7, 11) is 0. The van der Waals surface area contributed by atoms with Gasteiger partial charge in [0, 0.05) is 17.2 Å². The maximum atomic E-state index is 13.1. The Hall–Kier alpha value is -3.47. The number of hydrogen-bond acceptors (Lipinski definition) is 3. The van der Waals surface area contributed by atoms with Gasteiger partial charge in [0.15, 0.2) is 5.65 Å². The first kappa shape index (κ1) is 18.6. The Morgan fingerprint density at radius 3 is 2.27 bits per heavy atom. The van der Waals surface area contributed by atoms with Crippen LogP contribution in [-0.4, -0.2) is 26.5 Å². The number of nitrogens with zero attached hydrogens (tertiary/aromatic N) is 3. The van der Waals surface area contributed by atoms with E-state index >= 15 is 0 Å². The molecule has 5 heteroatoms. The molecule has 0 aliphatic heterocycles. The van der Waals surface area contributed by atoms with Gasteiger partial charge in [0.25, 0.3) is 5.91 Å². The van der Waals surface area contributed by atoms with E-state index in [0.717, 1.165) is 35.4 Å². The lowest BCUT2D eigenvalue weighted by molar-refractivity contribution is 0.0929. The number of carbonyl (C=O) groups is 1. The average Bonchev–Trinajstić information content (AvgIpc) is 3.24. The van der Waals surface area contributed by atoms with Crippen molar-refractivity contribution < 1.29 is 4.79 Å². The lowest BCUT2D eigenvalue weighted by atomic mass is 9.95. The van der Waals surface area contributed by atoms with Crippen molar-refractivity contribution in [1.29, 1.82) is 0 Å². The Kier molecular flexibility index (Phi) is 5.01. The minimum absolute atomic E-state index is 0.0892. The van der Waals surface area contributed by atoms with E-state index in [1.54, 1.807) is 10.7 Å². The molecular formula is C25H24N4O. The molecule has 4 aromatic rings. The van der Waals surface area contributed by atoms with Crippen LogP contribution in [0, 0.1) is 0 Å². The molecular weight excluding hydrogens is 372 g/mol. The maximum absolute atomic E-state index is 13.1. The van der Waals surface area contributed by atoms with Gasteiger partial charge in [-0.3, -0.25) is 4.79 Å². The maximum Gasteiger partial charge on any atom is 0.256 e. The van der Waals surface area contributed by atoms with Crippen LogP contribution in [0.4, 0.5) is 0 Å². The molecule has 1 aliphatic carbocycles. The van der Waals surface area contributed by atoms with E-state index in [2.05, 4.69) is 10.4 Å². The molecule has 1 saturated carbocycles. The monoisotopic (exact) mass is 396 g/mol. The van der Waals surface area contributed by atoms with E-state index in [0.29, 0.717) is 11.2 Å². The fourth-order valence-corrected chi connectivity index (χ4v) is 4.20. The number of rotatable bonds is 4. The molecule has 30 heavy (non-hydrogen) atoms. The van der Waals surface area contributed by atoms with E-state index in [1.807, 2.05) is 66.7 Å². The minimum atomic E-state index is -0.0892. The van der Waals surface area contributed by atoms with Crippen molar-refractivity contribution in [3.63, 3.8) is 0 Å². The van der Waals surface area contributed by atoms with Gasteiger partial charge >= 0.3 is 0 Å². The van der Waals surface area contributed by atoms with E-state index in [-0.39, 0.29) is 11.9 Å². The Labute approximate surface area is 175 Å². The van der Waals surface area contributed by atoms with Crippen molar-refractivity contribution in [2.45, 2.75) is 38.1 Å². The highest BCUT2D eigenvalue weighted by Gasteiger charge is 2.22. The summed E-state index contributed by atoms with van der Waals surface area (Å²) in [5, 5.41) is 7.74. The van der Waals surface area contributed by atoms with Crippen LogP contribution in [-0.2, 0) is 0 Å². The molecule has 2 aromatic carbocycles. The zero-order valence-electron chi connectivity index (χ0n) is 16.8. The SMILES string of the molecule is O=C(NC1CCCCC1)c1cnn2c(-c3ccccc3)cc(-c3ccccc3)nc12. The summed E-state index contributed by atoms with van der Waals surface area (Å²) in [5.74, 6) is -0.0892. The first-order chi connectivity index (χ1) is 14.8. The number of hydrogen-bond donors (Lipinski definition) is 1. The predicted octanol–water partition coefficient (Wildman–Crippen LogP) is 5.13. The van der Waals surface area contributed by atoms with E-state index in [1.165, 1.54) is 19.3 Å². The third-order valence-electron chi connectivity index (χ3n) is 5.80. The Bertz CT molecular complexity index is 1160. The third-order valence-corrected chi connectivity index (χ3v) is 5.80. The van der Waals surface area contributed by atoms with Gasteiger partial charge in [-0.2, -0.15) is 5.10 Å². The fourth-order valence-electron chi connectivity index (χ4n) is 4.20. The topological polar surface area (TPSA) is 59.3 Å². The fraction of sp³-hybridized carbons (Fsp3) is 0.240. The first-order valence-corrected chi connectivity index (χ1v) is 10.6. The number of aromatic nitrogens is 3. The zero-order valence-corrected chi connectivity index (χ0v) is 16.8. The summed E-state index contributed by atoms with van der Waals surface area (Å²) in [6.07, 6.45) is 7.33. The van der Waals surface area contributed by atoms with Crippen LogP contribution < -0.4 is 5.32 Å². The summed E-state index contributed by atoms with van der Waals surface area (Å²) in [6.45, 7) is 0. The summed E-state index contributed by atoms with van der Waals surface area (Å²) in [6, 6.07) is 22.4. The third kappa shape index (κ3) is 3.59. The van der Waals surface area contributed by atoms with Gasteiger partial charge in [0.05, 0.1) is 17.6 Å². The van der Waals surface area contributed by atoms with Crippen LogP contribution in [0.2, 0.25) is 0 Å². The van der Waals surface area contributed by atoms with E-state index < -0.39 is 0 Å². The second-order valence-corrected chi connectivity index (χ2v) is 7.86. The number of fused-ring (bicyclic) bond motifs is 1. The largest absolute Gasteiger partial charge is 0.349 e. The van der Waals surface area contributed by atoms with Gasteiger partial charge in [0.2, 0.25) is 0 Å². The molecule has 2 heterocycles. The van der Waals surface area contributed by atoms with Gasteiger partial charge in [-0.1, -0.05) is 79.9 Å². The molecule has 1 amide bonds. The molecule has 1 N–H and O–H groups in total. The second-order valence-electron chi connectivity index (χ2n) is 7.86. The van der Waals surface area contributed by atoms with Gasteiger partial charge in [0.1, 0.15) is 5.56 Å². The highest BCUT2D eigenvalue weighted by molar-refractivity contribution is 6.00. The highest BCUT2D eigenvalue weighted by atomic mass is 16.1. The number of benzene rings is 2. The highest BCUT2D eigenvalue weighted by Crippen LogP contribution is 2.27. The number of carbonyl (C=O) groups excluding carboxylic acids is 1. The molecule has 0 unspecified atom stereocenters. The van der Waals surface area contributed by atoms with Crippen LogP contribution in [0.3, 0.4) is 0 Å². The quantitative estimate of drug-likeness (QED) is 0.520. The van der Waals surface area contributed by atoms with Gasteiger partial charge < -0.3 is 5.32 Å². The lowest BCUT2D eigenvalue weighted by Crippen LogP contribution is -2.36. The average molecular weight is 396 g/mol. The molecule has 0 radical (unpaired) electrons. The van der Waals surface area contributed by atoms with E-state index in [9.17, 15) is 4.79 Å². The second kappa shape index (κ2) is 8.11. The van der Waals surface area contributed by atoms with Crippen LogP contribution in [0.25, 0.3) is 28.2 Å². The summed E-state index contributed by atoms with van der Waals surface area (Å²) < 4.78 is 1.78. The molecule has 0 saturated heterocycles. The van der Waals surface area contributed by atoms with Crippen molar-refractivity contribution >= 4 is 11.6 Å². The van der Waals surface area contributed by atoms with Crippen LogP contribution in [0.5, 0.6) is 0 Å². The van der Waals surface area contributed by atoms with Crippen LogP contribution in [0.15, 0.2) is 72.9 Å². The van der Waals surface area contributed by atoms with Gasteiger partial charge in [-0.25, -0.2) is 9.50 Å². The van der Waals surface area contributed by atoms with Crippen LogP contribution in [0.1, 0.15) is 42.5 Å². The lowest BCUT2D eigenvalue weighted by Gasteiger charge is -2.22. The molecule has 5 nitrogen and oxygen atoms in total. The Balaban J connectivity index is 1.62. The van der Waals surface area contributed by atoms with Gasteiger partial charge in [-0.05, 0) is 18.9 Å². The van der Waals surface area contributed by atoms with Crippen molar-refractivity contribution in [3.8, 4) is 22.5 Å². The van der Waals surface area contributed by atoms with Crippen LogP contribution >= 0.6 is 0 Å². The summed E-state index contributed by atoms with van der Waals surface area (Å²) >= 11 is 0. The molecule has 5 rings (SSSR count). The standard InChI is InChI=1S/C25H24N4O/c30-25(27-20-14-8-3-9-15-20)21-17-26-29-23(19-12-6-2-7-13-19)16-22(28-24(21)29)18-10-4-1-5-11-18/h1-2,4-7,10-13,16-17,20H,3,8-9,14-15H2,(H,27,30). The van der Waals surface area contributed by atoms with Crippen molar-refractivity contribution in [2.75, 3.05) is 0 Å². The number of amides is 1. The summed E-state index contributed by atoms with van der Waals surface area (Å²) in [4.78, 5) is 17.9. The van der Waals surface area contributed by atoms with Gasteiger partial charge in [-0.15, -0.1) is 0 Å². The molecule has 0 bridgehead atoms. The molecule has 0 spiro atoms. The normalized spacial score (nSPS) is 14.7. The van der Waals surface area contributed by atoms with Crippen molar-refractivity contribution in [2.24, 2.45) is 0 Å². The Morgan fingerprint density at radius 2 is 1.57 bits per heavy atom. The molecule has 2 aromatic heterocycles. The first-order valence-electron chi connectivity index (χ1n) is 10.6. The van der Waals surface area contributed by atoms with E-state index in [4.69, 9.17) is 4.98 Å². The molecule has 1 fully saturated rings.